The number of anilines is 1. The summed E-state index contributed by atoms with van der Waals surface area (Å²) in [5, 5.41) is 2.70. The van der Waals surface area contributed by atoms with Crippen molar-refractivity contribution in [3.63, 3.8) is 0 Å². The highest BCUT2D eigenvalue weighted by Gasteiger charge is 2.15. The fourth-order valence-electron chi connectivity index (χ4n) is 2.27. The van der Waals surface area contributed by atoms with E-state index >= 15 is 0 Å². The number of nitrogens with one attached hydrogen (secondary N) is 3. The number of hydrazine groups is 1. The zero-order valence-electron chi connectivity index (χ0n) is 16.5. The molecule has 3 N–H and O–H groups in total. The van der Waals surface area contributed by atoms with Gasteiger partial charge in [-0.15, -0.1) is 0 Å². The van der Waals surface area contributed by atoms with Gasteiger partial charge in [0.1, 0.15) is 5.75 Å². The van der Waals surface area contributed by atoms with Crippen molar-refractivity contribution < 1.29 is 19.1 Å². The minimum atomic E-state index is -0.495. The lowest BCUT2D eigenvalue weighted by atomic mass is 10.2. The average molecular weight is 462 g/mol. The summed E-state index contributed by atoms with van der Waals surface area (Å²) in [5.74, 6) is -0.348. The first kappa shape index (κ1) is 22.4. The molecule has 7 nitrogen and oxygen atoms in total. The van der Waals surface area contributed by atoms with Crippen molar-refractivity contribution in [2.45, 2.75) is 27.2 Å². The van der Waals surface area contributed by atoms with Crippen LogP contribution in [0.4, 0.5) is 5.69 Å². The summed E-state index contributed by atoms with van der Waals surface area (Å²) < 4.78 is 6.41. The molecule has 0 saturated heterocycles. The van der Waals surface area contributed by atoms with E-state index in [1.807, 2.05) is 13.8 Å². The van der Waals surface area contributed by atoms with Gasteiger partial charge in [-0.25, -0.2) is 0 Å². The second kappa shape index (κ2) is 10.6. The van der Waals surface area contributed by atoms with Crippen molar-refractivity contribution in [1.29, 1.82) is 0 Å². The first-order valence-corrected chi connectivity index (χ1v) is 10.0. The number of ether oxygens (including phenoxy) is 1. The fourth-order valence-corrected chi connectivity index (χ4v) is 2.63. The summed E-state index contributed by atoms with van der Waals surface area (Å²) in [6.07, 6.45) is 0.368. The second-order valence-corrected chi connectivity index (χ2v) is 7.65. The lowest BCUT2D eigenvalue weighted by Crippen LogP contribution is -2.41. The maximum absolute atomic E-state index is 12.5. The van der Waals surface area contributed by atoms with E-state index in [-0.39, 0.29) is 5.91 Å². The van der Waals surface area contributed by atoms with E-state index < -0.39 is 11.8 Å². The van der Waals surface area contributed by atoms with Crippen molar-refractivity contribution in [3.8, 4) is 5.75 Å². The largest absolute Gasteiger partial charge is 0.492 e. The number of carbonyl (C=O) groups is 3. The van der Waals surface area contributed by atoms with E-state index in [1.165, 1.54) is 0 Å². The molecule has 0 aliphatic heterocycles. The number of carbonyl (C=O) groups excluding carboxylic acids is 3. The van der Waals surface area contributed by atoms with Crippen LogP contribution in [-0.4, -0.2) is 24.3 Å². The van der Waals surface area contributed by atoms with Crippen LogP contribution in [0.1, 0.15) is 47.9 Å². The van der Waals surface area contributed by atoms with Crippen molar-refractivity contribution >= 4 is 39.3 Å². The lowest BCUT2D eigenvalue weighted by molar-refractivity contribution is -0.115. The number of benzene rings is 2. The summed E-state index contributed by atoms with van der Waals surface area (Å²) in [6, 6.07) is 11.5. The highest BCUT2D eigenvalue weighted by Crippen LogP contribution is 2.23. The minimum Gasteiger partial charge on any atom is -0.492 e. The summed E-state index contributed by atoms with van der Waals surface area (Å²) in [7, 11) is 0. The van der Waals surface area contributed by atoms with Crippen LogP contribution in [0.3, 0.4) is 0 Å². The van der Waals surface area contributed by atoms with Crippen LogP contribution >= 0.6 is 15.9 Å². The van der Waals surface area contributed by atoms with Crippen LogP contribution in [0.25, 0.3) is 0 Å². The number of amides is 3. The van der Waals surface area contributed by atoms with Crippen LogP contribution in [0, 0.1) is 5.92 Å². The molecule has 0 unspecified atom stereocenters. The average Bonchev–Trinajstić information content (AvgIpc) is 2.71. The van der Waals surface area contributed by atoms with Crippen molar-refractivity contribution in [2.75, 3.05) is 11.9 Å². The highest BCUT2D eigenvalue weighted by molar-refractivity contribution is 9.10. The van der Waals surface area contributed by atoms with Gasteiger partial charge in [0, 0.05) is 22.1 Å². The Morgan fingerprint density at radius 1 is 1.00 bits per heavy atom. The van der Waals surface area contributed by atoms with Crippen LogP contribution in [0.5, 0.6) is 5.75 Å². The topological polar surface area (TPSA) is 96.5 Å². The molecule has 0 aliphatic rings. The molecule has 3 amide bonds. The molecule has 0 aromatic heterocycles. The van der Waals surface area contributed by atoms with Gasteiger partial charge in [0.2, 0.25) is 5.91 Å². The van der Waals surface area contributed by atoms with E-state index in [0.717, 1.165) is 4.47 Å². The molecule has 0 radical (unpaired) electrons. The molecule has 0 atom stereocenters. The standard InChI is InChI=1S/C21H24BrN3O4/c1-4-19(26)23-16-8-5-14(6-9-16)20(27)24-25-21(28)17-11-15(22)7-10-18(17)29-12-13(2)3/h5-11,13H,4,12H2,1-3H3,(H,23,26)(H,24,27)(H,25,28). The van der Waals surface area contributed by atoms with Crippen molar-refractivity contribution in [3.05, 3.63) is 58.1 Å². The molecule has 2 rings (SSSR count). The number of hydrogen-bond acceptors (Lipinski definition) is 4. The predicted molar refractivity (Wildman–Crippen MR) is 115 cm³/mol. The Morgan fingerprint density at radius 2 is 1.66 bits per heavy atom. The summed E-state index contributed by atoms with van der Waals surface area (Å²) in [4.78, 5) is 36.2. The first-order chi connectivity index (χ1) is 13.8. The second-order valence-electron chi connectivity index (χ2n) is 6.73. The van der Waals surface area contributed by atoms with E-state index in [2.05, 4.69) is 32.1 Å². The van der Waals surface area contributed by atoms with Gasteiger partial charge < -0.3 is 10.1 Å². The summed E-state index contributed by atoms with van der Waals surface area (Å²) in [5.41, 5.74) is 6.02. The molecule has 0 bridgehead atoms. The van der Waals surface area contributed by atoms with Gasteiger partial charge in [-0.1, -0.05) is 36.7 Å². The van der Waals surface area contributed by atoms with Crippen LogP contribution in [-0.2, 0) is 4.79 Å². The maximum atomic E-state index is 12.5. The SMILES string of the molecule is CCC(=O)Nc1ccc(C(=O)NNC(=O)c2cc(Br)ccc2OCC(C)C)cc1. The Bertz CT molecular complexity index is 882. The normalized spacial score (nSPS) is 10.4. The third-order valence-electron chi connectivity index (χ3n) is 3.80. The summed E-state index contributed by atoms with van der Waals surface area (Å²) >= 11 is 3.34. The van der Waals surface area contributed by atoms with E-state index in [0.29, 0.717) is 41.5 Å². The van der Waals surface area contributed by atoms with E-state index in [1.54, 1.807) is 49.4 Å². The molecular formula is C21H24BrN3O4. The Balaban J connectivity index is 2.00. The molecule has 29 heavy (non-hydrogen) atoms. The number of halogens is 1. The van der Waals surface area contributed by atoms with Gasteiger partial charge in [-0.3, -0.25) is 25.2 Å². The molecular weight excluding hydrogens is 438 g/mol. The molecule has 2 aromatic carbocycles. The molecule has 0 fully saturated rings. The zero-order chi connectivity index (χ0) is 21.4. The molecule has 0 saturated carbocycles. The Hall–Kier alpha value is -2.87. The van der Waals surface area contributed by atoms with Crippen LogP contribution in [0.2, 0.25) is 0 Å². The highest BCUT2D eigenvalue weighted by atomic mass is 79.9. The number of hydrogen-bond donors (Lipinski definition) is 3. The van der Waals surface area contributed by atoms with Gasteiger partial charge in [0.25, 0.3) is 11.8 Å². The van der Waals surface area contributed by atoms with Gasteiger partial charge in [0.15, 0.2) is 0 Å². The molecule has 0 spiro atoms. The van der Waals surface area contributed by atoms with Gasteiger partial charge in [-0.2, -0.15) is 0 Å². The van der Waals surface area contributed by atoms with Gasteiger partial charge >= 0.3 is 0 Å². The Labute approximate surface area is 178 Å². The lowest BCUT2D eigenvalue weighted by Gasteiger charge is -2.14. The first-order valence-electron chi connectivity index (χ1n) is 9.23. The molecule has 2 aromatic rings. The van der Waals surface area contributed by atoms with Crippen LogP contribution in [0.15, 0.2) is 46.9 Å². The third kappa shape index (κ3) is 6.90. The molecule has 0 heterocycles. The molecule has 154 valence electrons. The third-order valence-corrected chi connectivity index (χ3v) is 4.29. The van der Waals surface area contributed by atoms with Crippen molar-refractivity contribution in [1.82, 2.24) is 10.9 Å². The molecule has 0 aliphatic carbocycles. The van der Waals surface area contributed by atoms with Gasteiger partial charge in [0.05, 0.1) is 12.2 Å². The zero-order valence-corrected chi connectivity index (χ0v) is 18.1. The number of rotatable bonds is 7. The predicted octanol–water partition coefficient (Wildman–Crippen LogP) is 3.91. The van der Waals surface area contributed by atoms with Crippen molar-refractivity contribution in [2.24, 2.45) is 5.92 Å². The summed E-state index contributed by atoms with van der Waals surface area (Å²) in [6.45, 7) is 6.25. The van der Waals surface area contributed by atoms with Crippen LogP contribution < -0.4 is 20.9 Å². The monoisotopic (exact) mass is 461 g/mol. The smallest absolute Gasteiger partial charge is 0.273 e. The minimum absolute atomic E-state index is 0.112. The quantitative estimate of drug-likeness (QED) is 0.544. The Morgan fingerprint density at radius 3 is 2.28 bits per heavy atom. The van der Waals surface area contributed by atoms with E-state index in [4.69, 9.17) is 4.74 Å². The fraction of sp³-hybridized carbons (Fsp3) is 0.286. The molecule has 8 heteroatoms. The van der Waals surface area contributed by atoms with Gasteiger partial charge in [-0.05, 0) is 48.4 Å². The Kier molecular flexibility index (Phi) is 8.21. The van der Waals surface area contributed by atoms with E-state index in [9.17, 15) is 14.4 Å². The maximum Gasteiger partial charge on any atom is 0.273 e.